The molecule has 1 unspecified atom stereocenters. The van der Waals surface area contributed by atoms with Crippen LogP contribution in [0.3, 0.4) is 0 Å². The number of carbonyl (C=O) groups excluding carboxylic acids is 1. The lowest BCUT2D eigenvalue weighted by atomic mass is 9.76. The molecule has 31 heavy (non-hydrogen) atoms. The van der Waals surface area contributed by atoms with Gasteiger partial charge in [0.2, 0.25) is 0 Å². The summed E-state index contributed by atoms with van der Waals surface area (Å²) in [7, 11) is 0. The molecule has 1 aromatic carbocycles. The third kappa shape index (κ3) is 4.94. The molecular weight excluding hydrogens is 466 g/mol. The summed E-state index contributed by atoms with van der Waals surface area (Å²) in [6.07, 6.45) is -5.57. The van der Waals surface area contributed by atoms with Crippen LogP contribution in [-0.2, 0) is 6.18 Å². The van der Waals surface area contributed by atoms with E-state index < -0.39 is 52.0 Å². The van der Waals surface area contributed by atoms with Crippen molar-refractivity contribution in [2.24, 2.45) is 0 Å². The van der Waals surface area contributed by atoms with Crippen LogP contribution in [0.25, 0.3) is 0 Å². The first kappa shape index (κ1) is 23.7. The minimum absolute atomic E-state index is 0.0285. The molecule has 1 amide bonds. The van der Waals surface area contributed by atoms with Gasteiger partial charge in [0.15, 0.2) is 5.69 Å². The molecule has 1 heterocycles. The first-order chi connectivity index (χ1) is 14.4. The molecule has 1 saturated carbocycles. The van der Waals surface area contributed by atoms with Crippen LogP contribution in [0.15, 0.2) is 30.5 Å². The van der Waals surface area contributed by atoms with Crippen molar-refractivity contribution in [2.75, 3.05) is 0 Å². The molecule has 0 aliphatic heterocycles. The molecule has 4 nitrogen and oxygen atoms in total. The van der Waals surface area contributed by atoms with Crippen LogP contribution in [0.4, 0.5) is 22.0 Å². The number of rotatable bonds is 4. The topological polar surface area (TPSA) is 62.2 Å². The van der Waals surface area contributed by atoms with Crippen LogP contribution in [0.2, 0.25) is 10.0 Å². The second kappa shape index (κ2) is 8.88. The number of halogens is 7. The van der Waals surface area contributed by atoms with Crippen LogP contribution in [0, 0.1) is 5.82 Å². The number of carbonyl (C=O) groups is 1. The van der Waals surface area contributed by atoms with Gasteiger partial charge in [0.1, 0.15) is 12.0 Å². The van der Waals surface area contributed by atoms with Gasteiger partial charge < -0.3 is 10.4 Å². The first-order valence-electron chi connectivity index (χ1n) is 9.27. The fourth-order valence-corrected chi connectivity index (χ4v) is 4.13. The predicted octanol–water partition coefficient (Wildman–Crippen LogP) is 5.66. The molecular formula is C20H17Cl2F5N2O2. The van der Waals surface area contributed by atoms with E-state index >= 15 is 0 Å². The molecule has 2 N–H and O–H groups in total. The van der Waals surface area contributed by atoms with Crippen molar-refractivity contribution in [1.29, 1.82) is 0 Å². The third-order valence-corrected chi connectivity index (χ3v) is 5.96. The van der Waals surface area contributed by atoms with E-state index in [0.29, 0.717) is 0 Å². The van der Waals surface area contributed by atoms with Crippen molar-refractivity contribution < 1.29 is 31.9 Å². The van der Waals surface area contributed by atoms with Crippen molar-refractivity contribution >= 4 is 29.1 Å². The van der Waals surface area contributed by atoms with Crippen LogP contribution in [0.1, 0.15) is 53.3 Å². The van der Waals surface area contributed by atoms with Gasteiger partial charge in [-0.3, -0.25) is 9.78 Å². The zero-order valence-corrected chi connectivity index (χ0v) is 17.3. The normalized spacial score (nSPS) is 22.8. The third-order valence-electron chi connectivity index (χ3n) is 5.29. The van der Waals surface area contributed by atoms with Gasteiger partial charge in [0.25, 0.3) is 5.91 Å². The van der Waals surface area contributed by atoms with Crippen molar-refractivity contribution in [2.45, 2.75) is 49.7 Å². The Morgan fingerprint density at radius 1 is 1.23 bits per heavy atom. The maximum atomic E-state index is 14.8. The number of aliphatic hydroxyl groups is 1. The number of pyridine rings is 1. The van der Waals surface area contributed by atoms with Gasteiger partial charge in [-0.1, -0.05) is 35.3 Å². The van der Waals surface area contributed by atoms with Crippen LogP contribution < -0.4 is 5.32 Å². The molecule has 3 rings (SSSR count). The number of alkyl halides is 4. The number of nitrogens with one attached hydrogen (secondary N) is 1. The Bertz CT molecular complexity index is 979. The number of amides is 1. The first-order valence-corrected chi connectivity index (χ1v) is 10.0. The summed E-state index contributed by atoms with van der Waals surface area (Å²) in [6.45, 7) is 0. The van der Waals surface area contributed by atoms with Crippen molar-refractivity contribution in [1.82, 2.24) is 10.3 Å². The Morgan fingerprint density at radius 2 is 1.87 bits per heavy atom. The smallest absolute Gasteiger partial charge is 0.387 e. The van der Waals surface area contributed by atoms with E-state index in [1.165, 1.54) is 18.2 Å². The fourth-order valence-electron chi connectivity index (χ4n) is 3.64. The van der Waals surface area contributed by atoms with Crippen LogP contribution in [0.5, 0.6) is 0 Å². The fraction of sp³-hybridized carbons (Fsp3) is 0.400. The molecule has 1 fully saturated rings. The van der Waals surface area contributed by atoms with Crippen molar-refractivity contribution in [3.8, 4) is 0 Å². The maximum Gasteiger partial charge on any atom is 0.434 e. The van der Waals surface area contributed by atoms with Gasteiger partial charge in [-0.2, -0.15) is 13.2 Å². The highest BCUT2D eigenvalue weighted by atomic mass is 35.5. The predicted molar refractivity (Wildman–Crippen MR) is 104 cm³/mol. The molecule has 0 radical (unpaired) electrons. The second-order valence-electron chi connectivity index (χ2n) is 7.35. The maximum absolute atomic E-state index is 14.8. The highest BCUT2D eigenvalue weighted by Gasteiger charge is 2.44. The van der Waals surface area contributed by atoms with E-state index in [-0.39, 0.29) is 36.3 Å². The monoisotopic (exact) mass is 482 g/mol. The lowest BCUT2D eigenvalue weighted by Crippen LogP contribution is -2.49. The van der Waals surface area contributed by atoms with Gasteiger partial charge in [-0.05, 0) is 37.8 Å². The molecule has 1 aromatic heterocycles. The number of benzene rings is 1. The molecule has 0 bridgehead atoms. The van der Waals surface area contributed by atoms with E-state index in [9.17, 15) is 31.9 Å². The Hall–Kier alpha value is -1.97. The number of nitrogens with zero attached hydrogens (tertiary/aromatic N) is 1. The highest BCUT2D eigenvalue weighted by molar-refractivity contribution is 6.34. The second-order valence-corrected chi connectivity index (χ2v) is 8.13. The van der Waals surface area contributed by atoms with Crippen molar-refractivity contribution in [3.63, 3.8) is 0 Å². The van der Waals surface area contributed by atoms with Gasteiger partial charge in [0, 0.05) is 11.8 Å². The largest absolute Gasteiger partial charge is 0.434 e. The minimum Gasteiger partial charge on any atom is -0.387 e. The summed E-state index contributed by atoms with van der Waals surface area (Å²) in [5, 5.41) is 12.3. The van der Waals surface area contributed by atoms with Crippen molar-refractivity contribution in [3.05, 3.63) is 63.1 Å². The Balaban J connectivity index is 2.02. The summed E-state index contributed by atoms with van der Waals surface area (Å²) < 4.78 is 67.7. The molecule has 1 aliphatic carbocycles. The Morgan fingerprint density at radius 3 is 2.48 bits per heavy atom. The molecule has 168 valence electrons. The van der Waals surface area contributed by atoms with E-state index in [2.05, 4.69) is 10.3 Å². The standard InChI is InChI=1S/C20H17Cl2F5N2O2/c21-13-3-1-2-12(15(13)24)16(19(31)7-4-10(23)5-8-19)29-18(30)11-6-9-28-17(14(11)22)20(25,26)27/h1-3,6,9-10,16,31H,4-5,7-8H2,(H,29,30). The number of aromatic nitrogens is 1. The highest BCUT2D eigenvalue weighted by Crippen LogP contribution is 2.41. The molecule has 0 saturated heterocycles. The number of hydrogen-bond donors (Lipinski definition) is 2. The lowest BCUT2D eigenvalue weighted by molar-refractivity contribution is -0.141. The summed E-state index contributed by atoms with van der Waals surface area (Å²) in [4.78, 5) is 16.0. The van der Waals surface area contributed by atoms with Crippen LogP contribution >= 0.6 is 23.2 Å². The van der Waals surface area contributed by atoms with Gasteiger partial charge in [0.05, 0.1) is 27.3 Å². The van der Waals surface area contributed by atoms with E-state index in [1.54, 1.807) is 0 Å². The summed E-state index contributed by atoms with van der Waals surface area (Å²) in [6, 6.07) is 3.49. The van der Waals surface area contributed by atoms with Gasteiger partial charge in [-0.15, -0.1) is 0 Å². The summed E-state index contributed by atoms with van der Waals surface area (Å²) in [5.74, 6) is -2.00. The SMILES string of the molecule is O=C(NC(c1cccc(Cl)c1F)C1(O)CCC(F)CC1)c1ccnc(C(F)(F)F)c1Cl. The van der Waals surface area contributed by atoms with E-state index in [1.807, 2.05) is 0 Å². The molecule has 0 spiro atoms. The molecule has 2 aromatic rings. The minimum atomic E-state index is -4.90. The average molecular weight is 483 g/mol. The number of hydrogen-bond acceptors (Lipinski definition) is 3. The molecule has 1 atom stereocenters. The van der Waals surface area contributed by atoms with E-state index in [0.717, 1.165) is 12.3 Å². The quantitative estimate of drug-likeness (QED) is 0.552. The molecule has 1 aliphatic rings. The average Bonchev–Trinajstić information content (AvgIpc) is 2.70. The van der Waals surface area contributed by atoms with Gasteiger partial charge in [-0.25, -0.2) is 8.78 Å². The van der Waals surface area contributed by atoms with Gasteiger partial charge >= 0.3 is 6.18 Å². The summed E-state index contributed by atoms with van der Waals surface area (Å²) in [5.41, 5.74) is -3.94. The molecule has 11 heteroatoms. The zero-order valence-electron chi connectivity index (χ0n) is 15.8. The zero-order chi connectivity index (χ0) is 23.0. The summed E-state index contributed by atoms with van der Waals surface area (Å²) >= 11 is 11.6. The Labute approximate surface area is 184 Å². The Kier molecular flexibility index (Phi) is 6.78. The van der Waals surface area contributed by atoms with Crippen LogP contribution in [-0.4, -0.2) is 27.8 Å². The van der Waals surface area contributed by atoms with E-state index in [4.69, 9.17) is 23.2 Å². The lowest BCUT2D eigenvalue weighted by Gasteiger charge is -2.40.